The summed E-state index contributed by atoms with van der Waals surface area (Å²) in [5.74, 6) is 0.140. The van der Waals surface area contributed by atoms with Gasteiger partial charge in [0.25, 0.3) is 0 Å². The molecule has 6 heteroatoms. The van der Waals surface area contributed by atoms with Gasteiger partial charge in [-0.05, 0) is 45.7 Å². The first-order valence-corrected chi connectivity index (χ1v) is 7.70. The molecule has 0 spiro atoms. The number of nitrogens with two attached hydrogens (primary N) is 1. The van der Waals surface area contributed by atoms with Crippen molar-refractivity contribution < 1.29 is 9.53 Å². The summed E-state index contributed by atoms with van der Waals surface area (Å²) in [7, 11) is 0. The van der Waals surface area contributed by atoms with E-state index in [1.165, 1.54) is 0 Å². The molecule has 0 aliphatic carbocycles. The lowest BCUT2D eigenvalue weighted by Gasteiger charge is -2.32. The molecular formula is C15H26N4O2. The Bertz CT molecular complexity index is 464. The van der Waals surface area contributed by atoms with Crippen LogP contribution in [0.5, 0.6) is 0 Å². The second kappa shape index (κ2) is 7.56. The molecule has 2 rings (SSSR count). The Hall–Kier alpha value is -1.40. The van der Waals surface area contributed by atoms with E-state index in [0.717, 1.165) is 50.3 Å². The van der Waals surface area contributed by atoms with Gasteiger partial charge in [-0.25, -0.2) is 0 Å². The van der Waals surface area contributed by atoms with Crippen LogP contribution in [0.2, 0.25) is 0 Å². The Morgan fingerprint density at radius 2 is 2.14 bits per heavy atom. The van der Waals surface area contributed by atoms with Gasteiger partial charge in [0.15, 0.2) is 0 Å². The molecule has 2 N–H and O–H groups in total. The molecule has 1 aromatic heterocycles. The maximum Gasteiger partial charge on any atom is 0.244 e. The Kier molecular flexibility index (Phi) is 5.76. The van der Waals surface area contributed by atoms with Crippen molar-refractivity contribution in [1.82, 2.24) is 14.7 Å². The van der Waals surface area contributed by atoms with Gasteiger partial charge in [-0.3, -0.25) is 9.48 Å². The van der Waals surface area contributed by atoms with Gasteiger partial charge in [0.2, 0.25) is 5.91 Å². The minimum atomic E-state index is 0.140. The van der Waals surface area contributed by atoms with E-state index in [1.54, 1.807) is 4.68 Å². The zero-order chi connectivity index (χ0) is 15.2. The monoisotopic (exact) mass is 294 g/mol. The molecule has 0 radical (unpaired) electrons. The lowest BCUT2D eigenvalue weighted by molar-refractivity contribution is -0.134. The highest BCUT2D eigenvalue weighted by Crippen LogP contribution is 2.14. The summed E-state index contributed by atoms with van der Waals surface area (Å²) in [5, 5.41) is 4.34. The van der Waals surface area contributed by atoms with Gasteiger partial charge in [0, 0.05) is 25.4 Å². The number of likely N-dealkylation sites (tertiary alicyclic amines) is 1. The second-order valence-electron chi connectivity index (χ2n) is 5.68. The van der Waals surface area contributed by atoms with Crippen molar-refractivity contribution in [1.29, 1.82) is 0 Å². The first-order valence-electron chi connectivity index (χ1n) is 7.70. The highest BCUT2D eigenvalue weighted by atomic mass is 16.5. The molecule has 0 atom stereocenters. The molecule has 118 valence electrons. The van der Waals surface area contributed by atoms with E-state index in [-0.39, 0.29) is 12.0 Å². The van der Waals surface area contributed by atoms with E-state index in [0.29, 0.717) is 13.1 Å². The number of carbonyl (C=O) groups excluding carboxylic acids is 1. The lowest BCUT2D eigenvalue weighted by atomic mass is 10.1. The first kappa shape index (κ1) is 16.0. The van der Waals surface area contributed by atoms with Gasteiger partial charge in [-0.15, -0.1) is 0 Å². The van der Waals surface area contributed by atoms with Crippen LogP contribution >= 0.6 is 0 Å². The van der Waals surface area contributed by atoms with Gasteiger partial charge in [-0.2, -0.15) is 5.10 Å². The number of nitrogens with zero attached hydrogens (tertiary/aromatic N) is 3. The molecule has 1 saturated heterocycles. The molecule has 1 aromatic rings. The summed E-state index contributed by atoms with van der Waals surface area (Å²) in [6, 6.07) is 1.99. The number of aryl methyl sites for hydroxylation is 2. The van der Waals surface area contributed by atoms with Crippen LogP contribution in [-0.4, -0.2) is 52.9 Å². The zero-order valence-corrected chi connectivity index (χ0v) is 13.0. The van der Waals surface area contributed by atoms with E-state index in [1.807, 2.05) is 24.8 Å². The van der Waals surface area contributed by atoms with Crippen molar-refractivity contribution in [3.05, 3.63) is 17.5 Å². The molecule has 21 heavy (non-hydrogen) atoms. The molecule has 0 saturated carbocycles. The number of amides is 1. The molecule has 0 aromatic carbocycles. The highest BCUT2D eigenvalue weighted by Gasteiger charge is 2.23. The van der Waals surface area contributed by atoms with Crippen LogP contribution in [0.4, 0.5) is 0 Å². The maximum absolute atomic E-state index is 12.3. The van der Waals surface area contributed by atoms with Crippen LogP contribution < -0.4 is 5.73 Å². The van der Waals surface area contributed by atoms with E-state index < -0.39 is 0 Å². The Balaban J connectivity index is 1.76. The summed E-state index contributed by atoms with van der Waals surface area (Å²) < 4.78 is 7.54. The molecule has 0 unspecified atom stereocenters. The first-order chi connectivity index (χ1) is 10.1. The Morgan fingerprint density at radius 3 is 2.71 bits per heavy atom. The Labute approximate surface area is 126 Å². The average molecular weight is 294 g/mol. The zero-order valence-electron chi connectivity index (χ0n) is 13.0. The number of piperidine rings is 1. The molecule has 1 aliphatic rings. The largest absolute Gasteiger partial charge is 0.378 e. The van der Waals surface area contributed by atoms with Crippen LogP contribution in [0.15, 0.2) is 6.07 Å². The van der Waals surface area contributed by atoms with Gasteiger partial charge in [0.1, 0.15) is 6.54 Å². The van der Waals surface area contributed by atoms with Crippen molar-refractivity contribution in [2.24, 2.45) is 5.73 Å². The van der Waals surface area contributed by atoms with Crippen LogP contribution in [0.1, 0.15) is 30.7 Å². The van der Waals surface area contributed by atoms with Crippen LogP contribution in [-0.2, 0) is 16.1 Å². The van der Waals surface area contributed by atoms with Crippen molar-refractivity contribution in [2.45, 2.75) is 45.8 Å². The number of hydrogen-bond acceptors (Lipinski definition) is 4. The fraction of sp³-hybridized carbons (Fsp3) is 0.733. The summed E-state index contributed by atoms with van der Waals surface area (Å²) in [5.41, 5.74) is 7.43. The maximum atomic E-state index is 12.3. The predicted octanol–water partition coefficient (Wildman–Crippen LogP) is 0.856. The minimum absolute atomic E-state index is 0.140. The third kappa shape index (κ3) is 4.54. The predicted molar refractivity (Wildman–Crippen MR) is 80.9 cm³/mol. The number of ether oxygens (including phenoxy) is 1. The van der Waals surface area contributed by atoms with Crippen molar-refractivity contribution in [3.63, 3.8) is 0 Å². The molecular weight excluding hydrogens is 268 g/mol. The minimum Gasteiger partial charge on any atom is -0.378 e. The second-order valence-corrected chi connectivity index (χ2v) is 5.68. The van der Waals surface area contributed by atoms with Crippen LogP contribution in [0, 0.1) is 13.8 Å². The summed E-state index contributed by atoms with van der Waals surface area (Å²) in [4.78, 5) is 14.2. The third-order valence-electron chi connectivity index (χ3n) is 3.89. The van der Waals surface area contributed by atoms with Gasteiger partial charge in [-0.1, -0.05) is 0 Å². The normalized spacial score (nSPS) is 16.4. The molecule has 1 aliphatic heterocycles. The lowest BCUT2D eigenvalue weighted by Crippen LogP contribution is -2.42. The van der Waals surface area contributed by atoms with Crippen molar-refractivity contribution >= 4 is 5.91 Å². The van der Waals surface area contributed by atoms with Gasteiger partial charge >= 0.3 is 0 Å². The molecule has 1 fully saturated rings. The Morgan fingerprint density at radius 1 is 1.43 bits per heavy atom. The van der Waals surface area contributed by atoms with Crippen molar-refractivity contribution in [3.8, 4) is 0 Å². The number of rotatable bonds is 6. The highest BCUT2D eigenvalue weighted by molar-refractivity contribution is 5.76. The molecule has 2 heterocycles. The number of aromatic nitrogens is 2. The summed E-state index contributed by atoms with van der Waals surface area (Å²) >= 11 is 0. The van der Waals surface area contributed by atoms with E-state index in [4.69, 9.17) is 10.5 Å². The van der Waals surface area contributed by atoms with E-state index >= 15 is 0 Å². The summed E-state index contributed by atoms with van der Waals surface area (Å²) in [6.07, 6.45) is 2.99. The fourth-order valence-corrected chi connectivity index (χ4v) is 2.67. The van der Waals surface area contributed by atoms with E-state index in [2.05, 4.69) is 5.10 Å². The van der Waals surface area contributed by atoms with Gasteiger partial charge in [0.05, 0.1) is 11.8 Å². The van der Waals surface area contributed by atoms with Gasteiger partial charge < -0.3 is 15.4 Å². The SMILES string of the molecule is Cc1cc(C)n(CC(=O)N2CCC(OCCCN)CC2)n1. The molecule has 1 amide bonds. The standard InChI is InChI=1S/C15H26N4O2/c1-12-10-13(2)19(17-12)11-15(20)18-7-4-14(5-8-18)21-9-3-6-16/h10,14H,3-9,11,16H2,1-2H3. The molecule has 6 nitrogen and oxygen atoms in total. The average Bonchev–Trinajstić information content (AvgIpc) is 2.78. The van der Waals surface area contributed by atoms with E-state index in [9.17, 15) is 4.79 Å². The summed E-state index contributed by atoms with van der Waals surface area (Å²) in [6.45, 7) is 7.18. The smallest absolute Gasteiger partial charge is 0.244 e. The quantitative estimate of drug-likeness (QED) is 0.790. The molecule has 0 bridgehead atoms. The fourth-order valence-electron chi connectivity index (χ4n) is 2.67. The van der Waals surface area contributed by atoms with Crippen LogP contribution in [0.25, 0.3) is 0 Å². The number of carbonyl (C=O) groups is 1. The van der Waals surface area contributed by atoms with Crippen molar-refractivity contribution in [2.75, 3.05) is 26.2 Å². The van der Waals surface area contributed by atoms with Crippen LogP contribution in [0.3, 0.4) is 0 Å². The number of hydrogen-bond donors (Lipinski definition) is 1. The topological polar surface area (TPSA) is 73.4 Å². The third-order valence-corrected chi connectivity index (χ3v) is 3.89.